The molecule has 2 amide bonds. The molecule has 0 radical (unpaired) electrons. The van der Waals surface area contributed by atoms with E-state index < -0.39 is 12.1 Å². The fourth-order valence-electron chi connectivity index (χ4n) is 2.55. The van der Waals surface area contributed by atoms with E-state index in [4.69, 9.17) is 4.74 Å². The number of hydrogen-bond donors (Lipinski definition) is 1. The summed E-state index contributed by atoms with van der Waals surface area (Å²) in [5, 5.41) is 2.86. The van der Waals surface area contributed by atoms with Gasteiger partial charge in [0.05, 0.1) is 12.9 Å². The Hall–Kier alpha value is -2.84. The summed E-state index contributed by atoms with van der Waals surface area (Å²) in [5.41, 5.74) is 0. The van der Waals surface area contributed by atoms with E-state index in [9.17, 15) is 9.59 Å². The van der Waals surface area contributed by atoms with E-state index in [1.165, 1.54) is 4.90 Å². The molecule has 0 unspecified atom stereocenters. The van der Waals surface area contributed by atoms with E-state index in [1.54, 1.807) is 24.9 Å². The zero-order valence-corrected chi connectivity index (χ0v) is 13.5. The van der Waals surface area contributed by atoms with Crippen LogP contribution in [-0.2, 0) is 29.7 Å². The average molecular weight is 332 g/mol. The predicted molar refractivity (Wildman–Crippen MR) is 83.7 cm³/mol. The van der Waals surface area contributed by atoms with Gasteiger partial charge in [0.2, 0.25) is 5.91 Å². The summed E-state index contributed by atoms with van der Waals surface area (Å²) < 4.78 is 8.79. The molecular formula is C15H20N6O3. The summed E-state index contributed by atoms with van der Waals surface area (Å²) in [6.45, 7) is 1.61. The first-order valence-electron chi connectivity index (χ1n) is 7.78. The van der Waals surface area contributed by atoms with Crippen LogP contribution in [-0.4, -0.2) is 55.2 Å². The number of imidazole rings is 2. The third-order valence-corrected chi connectivity index (χ3v) is 3.96. The summed E-state index contributed by atoms with van der Waals surface area (Å²) in [6, 6.07) is -0.623. The van der Waals surface area contributed by atoms with E-state index in [0.717, 1.165) is 13.0 Å². The minimum Gasteiger partial charge on any atom is -0.447 e. The van der Waals surface area contributed by atoms with Gasteiger partial charge in [0.15, 0.2) is 0 Å². The average Bonchev–Trinajstić information content (AvgIpc) is 3.29. The van der Waals surface area contributed by atoms with Crippen molar-refractivity contribution in [2.75, 3.05) is 13.2 Å². The van der Waals surface area contributed by atoms with Crippen molar-refractivity contribution in [1.82, 2.24) is 29.3 Å². The Morgan fingerprint density at radius 1 is 1.42 bits per heavy atom. The first-order valence-corrected chi connectivity index (χ1v) is 7.78. The van der Waals surface area contributed by atoms with E-state index in [-0.39, 0.29) is 19.1 Å². The van der Waals surface area contributed by atoms with Crippen molar-refractivity contribution in [3.05, 3.63) is 36.9 Å². The predicted octanol–water partition coefficient (Wildman–Crippen LogP) is 0.144. The molecule has 3 heterocycles. The topological polar surface area (TPSA) is 94.3 Å². The van der Waals surface area contributed by atoms with Crippen LogP contribution in [0.5, 0.6) is 0 Å². The molecule has 0 saturated carbocycles. The number of nitrogens with zero attached hydrogens (tertiary/aromatic N) is 5. The highest BCUT2D eigenvalue weighted by Gasteiger charge is 2.38. The minimum atomic E-state index is -0.623. The zero-order chi connectivity index (χ0) is 16.9. The highest BCUT2D eigenvalue weighted by molar-refractivity contribution is 5.87. The molecule has 2 aromatic heterocycles. The number of cyclic esters (lactones) is 1. The van der Waals surface area contributed by atoms with Gasteiger partial charge in [0.1, 0.15) is 18.5 Å². The number of carbonyl (C=O) groups is 2. The minimum absolute atomic E-state index is 0.0661. The van der Waals surface area contributed by atoms with Crippen LogP contribution in [0.2, 0.25) is 0 Å². The maximum atomic E-state index is 12.3. The number of rotatable bonds is 7. The van der Waals surface area contributed by atoms with E-state index in [1.807, 2.05) is 22.4 Å². The van der Waals surface area contributed by atoms with Crippen LogP contribution in [0.3, 0.4) is 0 Å². The fourth-order valence-corrected chi connectivity index (χ4v) is 2.55. The van der Waals surface area contributed by atoms with E-state index in [2.05, 4.69) is 15.3 Å². The van der Waals surface area contributed by atoms with Gasteiger partial charge in [-0.1, -0.05) is 0 Å². The third kappa shape index (κ3) is 3.55. The third-order valence-electron chi connectivity index (χ3n) is 3.96. The van der Waals surface area contributed by atoms with Crippen LogP contribution in [0.15, 0.2) is 31.1 Å². The second-order valence-corrected chi connectivity index (χ2v) is 5.62. The Bertz CT molecular complexity index is 696. The van der Waals surface area contributed by atoms with Crippen molar-refractivity contribution in [3.8, 4) is 0 Å². The van der Waals surface area contributed by atoms with Crippen LogP contribution < -0.4 is 5.32 Å². The van der Waals surface area contributed by atoms with Gasteiger partial charge in [-0.05, 0) is 6.42 Å². The normalized spacial score (nSPS) is 17.1. The Kier molecular flexibility index (Phi) is 4.78. The van der Waals surface area contributed by atoms with E-state index >= 15 is 0 Å². The molecule has 2 aromatic rings. The van der Waals surface area contributed by atoms with Crippen LogP contribution in [0, 0.1) is 0 Å². The van der Waals surface area contributed by atoms with Crippen LogP contribution in [0.25, 0.3) is 0 Å². The molecule has 0 bridgehead atoms. The fraction of sp³-hybridized carbons (Fsp3) is 0.467. The molecule has 24 heavy (non-hydrogen) atoms. The number of amides is 2. The summed E-state index contributed by atoms with van der Waals surface area (Å²) in [5.74, 6) is 0.493. The quantitative estimate of drug-likeness (QED) is 0.728. The number of aryl methyl sites for hydroxylation is 2. The van der Waals surface area contributed by atoms with Gasteiger partial charge in [-0.3, -0.25) is 9.69 Å². The second-order valence-electron chi connectivity index (χ2n) is 5.62. The maximum absolute atomic E-state index is 12.3. The van der Waals surface area contributed by atoms with Crippen molar-refractivity contribution in [2.45, 2.75) is 25.6 Å². The molecule has 1 fully saturated rings. The summed E-state index contributed by atoms with van der Waals surface area (Å²) in [4.78, 5) is 33.8. The first kappa shape index (κ1) is 16.0. The van der Waals surface area contributed by atoms with E-state index in [0.29, 0.717) is 12.4 Å². The number of aromatic nitrogens is 4. The molecule has 1 saturated heterocycles. The highest BCUT2D eigenvalue weighted by atomic mass is 16.6. The number of ether oxygens (including phenoxy) is 1. The molecule has 0 spiro atoms. The largest absolute Gasteiger partial charge is 0.447 e. The van der Waals surface area contributed by atoms with Crippen molar-refractivity contribution in [1.29, 1.82) is 0 Å². The van der Waals surface area contributed by atoms with Gasteiger partial charge in [-0.2, -0.15) is 0 Å². The summed E-state index contributed by atoms with van der Waals surface area (Å²) in [6.07, 6.45) is 9.07. The van der Waals surface area contributed by atoms with Gasteiger partial charge in [-0.15, -0.1) is 0 Å². The first-order chi connectivity index (χ1) is 11.6. The van der Waals surface area contributed by atoms with Gasteiger partial charge in [0, 0.05) is 44.9 Å². The molecule has 9 heteroatoms. The summed E-state index contributed by atoms with van der Waals surface area (Å²) >= 11 is 0. The van der Waals surface area contributed by atoms with Crippen molar-refractivity contribution < 1.29 is 14.3 Å². The number of nitrogens with one attached hydrogen (secondary N) is 1. The highest BCUT2D eigenvalue weighted by Crippen LogP contribution is 2.16. The molecule has 0 aromatic carbocycles. The van der Waals surface area contributed by atoms with Gasteiger partial charge < -0.3 is 19.2 Å². The number of hydrogen-bond acceptors (Lipinski definition) is 5. The van der Waals surface area contributed by atoms with Crippen LogP contribution in [0.4, 0.5) is 4.79 Å². The Morgan fingerprint density at radius 2 is 2.29 bits per heavy atom. The summed E-state index contributed by atoms with van der Waals surface area (Å²) in [7, 11) is 1.84. The molecule has 3 rings (SSSR count). The number of carbonyl (C=O) groups excluding carboxylic acids is 2. The van der Waals surface area contributed by atoms with Crippen molar-refractivity contribution >= 4 is 12.0 Å². The maximum Gasteiger partial charge on any atom is 0.411 e. The lowest BCUT2D eigenvalue weighted by Crippen LogP contribution is -2.46. The second kappa shape index (κ2) is 7.16. The molecule has 1 N–H and O–H groups in total. The van der Waals surface area contributed by atoms with Crippen molar-refractivity contribution in [2.24, 2.45) is 7.05 Å². The van der Waals surface area contributed by atoms with Gasteiger partial charge in [-0.25, -0.2) is 14.8 Å². The van der Waals surface area contributed by atoms with Crippen LogP contribution >= 0.6 is 0 Å². The molecule has 1 aliphatic rings. The SMILES string of the molecule is Cn1ccnc1CN1C(=O)OC[C@H]1C(=O)NCCCn1ccnc1. The molecule has 9 nitrogen and oxygen atoms in total. The Balaban J connectivity index is 1.51. The molecule has 128 valence electrons. The lowest BCUT2D eigenvalue weighted by atomic mass is 10.2. The Morgan fingerprint density at radius 3 is 3.00 bits per heavy atom. The monoisotopic (exact) mass is 332 g/mol. The molecule has 1 atom stereocenters. The van der Waals surface area contributed by atoms with Crippen LogP contribution in [0.1, 0.15) is 12.2 Å². The lowest BCUT2D eigenvalue weighted by molar-refractivity contribution is -0.125. The Labute approximate surface area is 139 Å². The lowest BCUT2D eigenvalue weighted by Gasteiger charge is -2.20. The molecule has 0 aliphatic carbocycles. The zero-order valence-electron chi connectivity index (χ0n) is 13.5. The standard InChI is InChI=1S/C15H20N6O3/c1-19-7-5-17-13(19)9-21-12(10-24-15(21)23)14(22)18-3-2-6-20-8-4-16-11-20/h4-5,7-8,11-12H,2-3,6,9-10H2,1H3,(H,18,22)/t12-/m0/s1. The van der Waals surface area contributed by atoms with Crippen molar-refractivity contribution in [3.63, 3.8) is 0 Å². The molecule has 1 aliphatic heterocycles. The van der Waals surface area contributed by atoms with Gasteiger partial charge >= 0.3 is 6.09 Å². The smallest absolute Gasteiger partial charge is 0.411 e. The van der Waals surface area contributed by atoms with Gasteiger partial charge in [0.25, 0.3) is 0 Å². The molecular weight excluding hydrogens is 312 g/mol.